The third kappa shape index (κ3) is 3.70. The van der Waals surface area contributed by atoms with Crippen LogP contribution in [-0.4, -0.2) is 22.6 Å². The van der Waals surface area contributed by atoms with Gasteiger partial charge in [-0.3, -0.25) is 14.2 Å². The second-order valence-electron chi connectivity index (χ2n) is 6.28. The van der Waals surface area contributed by atoms with E-state index in [0.29, 0.717) is 38.6 Å². The number of benzene rings is 2. The van der Waals surface area contributed by atoms with Gasteiger partial charge in [0.05, 0.1) is 17.7 Å². The standard InChI is InChI=1S/C22H16ClN3O3/c1-29-16-9-7-15(8-10-16)26-13-19(17-4-2-3-5-18(17)22(26)28)21(27)25-20-11-6-14(23)12-24-20/h2-13H,1H3,(H,24,25,27). The van der Waals surface area contributed by atoms with E-state index >= 15 is 0 Å². The van der Waals surface area contributed by atoms with E-state index in [0.717, 1.165) is 0 Å². The van der Waals surface area contributed by atoms with E-state index in [4.69, 9.17) is 16.3 Å². The fourth-order valence-corrected chi connectivity index (χ4v) is 3.15. The molecule has 0 unspecified atom stereocenters. The maximum Gasteiger partial charge on any atom is 0.262 e. The molecule has 0 fully saturated rings. The molecule has 144 valence electrons. The number of anilines is 1. The van der Waals surface area contributed by atoms with Crippen LogP contribution in [0.25, 0.3) is 16.5 Å². The van der Waals surface area contributed by atoms with Gasteiger partial charge >= 0.3 is 0 Å². The van der Waals surface area contributed by atoms with Gasteiger partial charge in [0.1, 0.15) is 11.6 Å². The number of ether oxygens (including phenoxy) is 1. The van der Waals surface area contributed by atoms with Crippen LogP contribution >= 0.6 is 11.6 Å². The molecule has 0 aliphatic heterocycles. The maximum atomic E-state index is 13.0. The molecule has 6 nitrogen and oxygen atoms in total. The summed E-state index contributed by atoms with van der Waals surface area (Å²) >= 11 is 5.85. The molecule has 7 heteroatoms. The Morgan fingerprint density at radius 2 is 1.76 bits per heavy atom. The molecule has 0 bridgehead atoms. The average molecular weight is 406 g/mol. The second-order valence-corrected chi connectivity index (χ2v) is 6.71. The average Bonchev–Trinajstić information content (AvgIpc) is 2.76. The molecule has 2 heterocycles. The Morgan fingerprint density at radius 1 is 1.03 bits per heavy atom. The second kappa shape index (κ2) is 7.77. The predicted molar refractivity (Wildman–Crippen MR) is 113 cm³/mol. The number of fused-ring (bicyclic) bond motifs is 1. The van der Waals surface area contributed by atoms with Crippen LogP contribution in [0.4, 0.5) is 5.82 Å². The van der Waals surface area contributed by atoms with Gasteiger partial charge in [0.25, 0.3) is 11.5 Å². The monoisotopic (exact) mass is 405 g/mol. The van der Waals surface area contributed by atoms with Crippen LogP contribution in [0.1, 0.15) is 10.4 Å². The van der Waals surface area contributed by atoms with E-state index in [1.165, 1.54) is 17.0 Å². The third-order valence-corrected chi connectivity index (χ3v) is 4.71. The minimum atomic E-state index is -0.377. The number of aromatic nitrogens is 2. The predicted octanol–water partition coefficient (Wildman–Crippen LogP) is 4.30. The van der Waals surface area contributed by atoms with Crippen LogP contribution in [-0.2, 0) is 0 Å². The SMILES string of the molecule is COc1ccc(-n2cc(C(=O)Nc3ccc(Cl)cn3)c3ccccc3c2=O)cc1. The quantitative estimate of drug-likeness (QED) is 0.549. The number of carbonyl (C=O) groups is 1. The number of carbonyl (C=O) groups excluding carboxylic acids is 1. The molecule has 0 spiro atoms. The van der Waals surface area contributed by atoms with Crippen molar-refractivity contribution >= 4 is 34.1 Å². The Balaban J connectivity index is 1.84. The lowest BCUT2D eigenvalue weighted by Gasteiger charge is -2.13. The van der Waals surface area contributed by atoms with Crippen LogP contribution < -0.4 is 15.6 Å². The molecule has 0 atom stereocenters. The summed E-state index contributed by atoms with van der Waals surface area (Å²) in [7, 11) is 1.57. The third-order valence-electron chi connectivity index (χ3n) is 4.49. The van der Waals surface area contributed by atoms with E-state index in [1.807, 2.05) is 0 Å². The van der Waals surface area contributed by atoms with E-state index in [9.17, 15) is 9.59 Å². The fraction of sp³-hybridized carbons (Fsp3) is 0.0455. The molecular formula is C22H16ClN3O3. The van der Waals surface area contributed by atoms with E-state index in [2.05, 4.69) is 10.3 Å². The number of hydrogen-bond acceptors (Lipinski definition) is 4. The molecule has 0 aliphatic rings. The number of rotatable bonds is 4. The topological polar surface area (TPSA) is 73.2 Å². The van der Waals surface area contributed by atoms with Gasteiger partial charge in [-0.25, -0.2) is 4.98 Å². The van der Waals surface area contributed by atoms with Crippen LogP contribution in [0, 0.1) is 0 Å². The van der Waals surface area contributed by atoms with Crippen LogP contribution in [0.3, 0.4) is 0 Å². The molecule has 0 saturated heterocycles. The highest BCUT2D eigenvalue weighted by atomic mass is 35.5. The number of methoxy groups -OCH3 is 1. The number of amides is 1. The van der Waals surface area contributed by atoms with Gasteiger partial charge in [-0.2, -0.15) is 0 Å². The highest BCUT2D eigenvalue weighted by molar-refractivity contribution is 6.30. The molecule has 1 N–H and O–H groups in total. The zero-order valence-electron chi connectivity index (χ0n) is 15.4. The molecule has 4 rings (SSSR count). The molecule has 2 aromatic carbocycles. The lowest BCUT2D eigenvalue weighted by Crippen LogP contribution is -2.22. The summed E-state index contributed by atoms with van der Waals surface area (Å²) in [5.41, 5.74) is 0.764. The minimum Gasteiger partial charge on any atom is -0.497 e. The number of nitrogens with one attached hydrogen (secondary N) is 1. The van der Waals surface area contributed by atoms with Crippen molar-refractivity contribution in [2.24, 2.45) is 0 Å². The van der Waals surface area contributed by atoms with E-state index < -0.39 is 0 Å². The van der Waals surface area contributed by atoms with Crippen molar-refractivity contribution in [3.05, 3.63) is 94.0 Å². The summed E-state index contributed by atoms with van der Waals surface area (Å²) in [6, 6.07) is 17.3. The van der Waals surface area contributed by atoms with Gasteiger partial charge in [0.15, 0.2) is 0 Å². The number of nitrogens with zero attached hydrogens (tertiary/aromatic N) is 2. The molecule has 0 radical (unpaired) electrons. The van der Waals surface area contributed by atoms with Gasteiger partial charge in [-0.05, 0) is 42.5 Å². The smallest absolute Gasteiger partial charge is 0.262 e. The van der Waals surface area contributed by atoms with Gasteiger partial charge < -0.3 is 10.1 Å². The van der Waals surface area contributed by atoms with E-state index in [1.54, 1.807) is 67.8 Å². The fourth-order valence-electron chi connectivity index (χ4n) is 3.04. The van der Waals surface area contributed by atoms with Crippen molar-refractivity contribution in [3.63, 3.8) is 0 Å². The Labute approximate surface area is 171 Å². The summed E-state index contributed by atoms with van der Waals surface area (Å²) in [6.07, 6.45) is 2.99. The molecular weight excluding hydrogens is 390 g/mol. The highest BCUT2D eigenvalue weighted by Gasteiger charge is 2.16. The summed E-state index contributed by atoms with van der Waals surface area (Å²) < 4.78 is 6.62. The first-order valence-corrected chi connectivity index (χ1v) is 9.16. The van der Waals surface area contributed by atoms with Crippen molar-refractivity contribution in [2.45, 2.75) is 0 Å². The lowest BCUT2D eigenvalue weighted by atomic mass is 10.1. The van der Waals surface area contributed by atoms with Crippen molar-refractivity contribution < 1.29 is 9.53 Å². The number of hydrogen-bond donors (Lipinski definition) is 1. The summed E-state index contributed by atoms with van der Waals surface area (Å²) in [6.45, 7) is 0. The highest BCUT2D eigenvalue weighted by Crippen LogP contribution is 2.20. The van der Waals surface area contributed by atoms with Crippen molar-refractivity contribution in [2.75, 3.05) is 12.4 Å². The van der Waals surface area contributed by atoms with Crippen LogP contribution in [0.15, 0.2) is 77.9 Å². The van der Waals surface area contributed by atoms with Crippen LogP contribution in [0.2, 0.25) is 5.02 Å². The first-order chi connectivity index (χ1) is 14.1. The van der Waals surface area contributed by atoms with Gasteiger partial charge in [0, 0.05) is 28.9 Å². The summed E-state index contributed by atoms with van der Waals surface area (Å²) in [5, 5.41) is 4.23. The van der Waals surface area contributed by atoms with Crippen molar-refractivity contribution in [3.8, 4) is 11.4 Å². The van der Waals surface area contributed by atoms with E-state index in [-0.39, 0.29) is 11.5 Å². The minimum absolute atomic E-state index is 0.216. The van der Waals surface area contributed by atoms with Crippen LogP contribution in [0.5, 0.6) is 5.75 Å². The molecule has 0 saturated carbocycles. The molecule has 1 amide bonds. The Kier molecular flexibility index (Phi) is 5.01. The number of halogens is 1. The Hall–Kier alpha value is -3.64. The zero-order valence-corrected chi connectivity index (χ0v) is 16.2. The summed E-state index contributed by atoms with van der Waals surface area (Å²) in [4.78, 5) is 30.1. The zero-order chi connectivity index (χ0) is 20.4. The lowest BCUT2D eigenvalue weighted by molar-refractivity contribution is 0.102. The normalized spacial score (nSPS) is 10.7. The van der Waals surface area contributed by atoms with Gasteiger partial charge in [-0.15, -0.1) is 0 Å². The molecule has 4 aromatic rings. The maximum absolute atomic E-state index is 13.0. The summed E-state index contributed by atoms with van der Waals surface area (Å²) in [5.74, 6) is 0.665. The largest absolute Gasteiger partial charge is 0.497 e. The molecule has 29 heavy (non-hydrogen) atoms. The van der Waals surface area contributed by atoms with Gasteiger partial charge in [0.2, 0.25) is 0 Å². The molecule has 0 aliphatic carbocycles. The number of pyridine rings is 2. The Morgan fingerprint density at radius 3 is 2.41 bits per heavy atom. The first-order valence-electron chi connectivity index (χ1n) is 8.78. The molecule has 2 aromatic heterocycles. The van der Waals surface area contributed by atoms with Crippen molar-refractivity contribution in [1.82, 2.24) is 9.55 Å². The van der Waals surface area contributed by atoms with Crippen molar-refractivity contribution in [1.29, 1.82) is 0 Å². The first kappa shape index (κ1) is 18.7. The van der Waals surface area contributed by atoms with Gasteiger partial charge in [-0.1, -0.05) is 29.8 Å². The Bertz CT molecular complexity index is 1250.